The van der Waals surface area contributed by atoms with Crippen LogP contribution in [0.1, 0.15) is 15.9 Å². The third-order valence-corrected chi connectivity index (χ3v) is 4.52. The van der Waals surface area contributed by atoms with Gasteiger partial charge in [0, 0.05) is 23.2 Å². The number of nitrogens with zero attached hydrogens (tertiary/aromatic N) is 1. The maximum Gasteiger partial charge on any atom is 0.251 e. The fourth-order valence-electron chi connectivity index (χ4n) is 2.77. The number of amides is 1. The number of rotatable bonds is 2. The number of oxazole rings is 1. The van der Waals surface area contributed by atoms with Crippen molar-refractivity contribution < 1.29 is 13.6 Å². The Hall–Kier alpha value is -2.47. The van der Waals surface area contributed by atoms with Crippen molar-refractivity contribution in [2.45, 2.75) is 6.42 Å². The van der Waals surface area contributed by atoms with Gasteiger partial charge in [0.15, 0.2) is 4.67 Å². The molecule has 120 valence electrons. The molecule has 0 saturated heterocycles. The Morgan fingerprint density at radius 2 is 1.88 bits per heavy atom. The molecule has 0 aliphatic carbocycles. The lowest BCUT2D eigenvalue weighted by Crippen LogP contribution is -2.31. The lowest BCUT2D eigenvalue weighted by molar-refractivity contribution is 0.0946. The van der Waals surface area contributed by atoms with Crippen molar-refractivity contribution >= 4 is 21.8 Å². The number of halogens is 2. The Kier molecular flexibility index (Phi) is 3.69. The van der Waals surface area contributed by atoms with E-state index < -0.39 is 0 Å². The van der Waals surface area contributed by atoms with E-state index in [1.165, 1.54) is 12.1 Å². The molecule has 0 bridgehead atoms. The first-order chi connectivity index (χ1) is 11.6. The Balaban J connectivity index is 1.75. The topological polar surface area (TPSA) is 55.1 Å². The molecule has 2 heterocycles. The number of nitrogens with one attached hydrogen (secondary N) is 1. The van der Waals surface area contributed by atoms with Crippen molar-refractivity contribution in [3.63, 3.8) is 0 Å². The van der Waals surface area contributed by atoms with Gasteiger partial charge in [0.1, 0.15) is 11.5 Å². The second-order valence-corrected chi connectivity index (χ2v) is 6.25. The average Bonchev–Trinajstić information content (AvgIpc) is 2.97. The van der Waals surface area contributed by atoms with Crippen LogP contribution in [0.3, 0.4) is 0 Å². The number of carbonyl (C=O) groups excluding carboxylic acids is 1. The number of aromatic nitrogens is 1. The molecular formula is C18H12BrFN2O2. The van der Waals surface area contributed by atoms with E-state index in [9.17, 15) is 9.18 Å². The van der Waals surface area contributed by atoms with Crippen LogP contribution in [0.15, 0.2) is 51.6 Å². The van der Waals surface area contributed by atoms with Crippen molar-refractivity contribution in [3.8, 4) is 22.7 Å². The molecule has 6 heteroatoms. The molecule has 3 aromatic rings. The number of fused-ring (bicyclic) bond motifs is 1. The summed E-state index contributed by atoms with van der Waals surface area (Å²) in [4.78, 5) is 16.3. The molecule has 1 aromatic heterocycles. The summed E-state index contributed by atoms with van der Waals surface area (Å²) in [7, 11) is 0. The zero-order chi connectivity index (χ0) is 16.7. The summed E-state index contributed by atoms with van der Waals surface area (Å²) in [5.41, 5.74) is 3.91. The third kappa shape index (κ3) is 2.63. The van der Waals surface area contributed by atoms with Gasteiger partial charge in [-0.25, -0.2) is 9.37 Å². The summed E-state index contributed by atoms with van der Waals surface area (Å²) in [6, 6.07) is 11.6. The minimum Gasteiger partial charge on any atom is -0.429 e. The quantitative estimate of drug-likeness (QED) is 0.717. The highest BCUT2D eigenvalue weighted by atomic mass is 79.9. The summed E-state index contributed by atoms with van der Waals surface area (Å²) in [6.45, 7) is 0.635. The van der Waals surface area contributed by atoms with E-state index >= 15 is 0 Å². The van der Waals surface area contributed by atoms with Gasteiger partial charge in [-0.05, 0) is 64.3 Å². The summed E-state index contributed by atoms with van der Waals surface area (Å²) >= 11 is 3.39. The zero-order valence-corrected chi connectivity index (χ0v) is 14.1. The van der Waals surface area contributed by atoms with Gasteiger partial charge in [0.05, 0.1) is 0 Å². The van der Waals surface area contributed by atoms with Crippen LogP contribution in [-0.2, 0) is 6.42 Å². The van der Waals surface area contributed by atoms with Gasteiger partial charge in [0.2, 0.25) is 5.89 Å². The lowest BCUT2D eigenvalue weighted by atomic mass is 9.97. The highest BCUT2D eigenvalue weighted by Gasteiger charge is 2.20. The number of carbonyl (C=O) groups is 1. The summed E-state index contributed by atoms with van der Waals surface area (Å²) in [6.07, 6.45) is 0.787. The third-order valence-electron chi connectivity index (χ3n) is 3.98. The average molecular weight is 387 g/mol. The monoisotopic (exact) mass is 386 g/mol. The normalized spacial score (nSPS) is 13.5. The second kappa shape index (κ2) is 5.87. The summed E-state index contributed by atoms with van der Waals surface area (Å²) < 4.78 is 19.2. The van der Waals surface area contributed by atoms with E-state index in [-0.39, 0.29) is 11.7 Å². The minimum atomic E-state index is -0.308. The number of benzene rings is 2. The molecule has 0 unspecified atom stereocenters. The highest BCUT2D eigenvalue weighted by molar-refractivity contribution is 9.10. The van der Waals surface area contributed by atoms with E-state index in [1.54, 1.807) is 18.2 Å². The van der Waals surface area contributed by atoms with Crippen LogP contribution in [0, 0.1) is 5.82 Å². The van der Waals surface area contributed by atoms with Crippen LogP contribution in [0.5, 0.6) is 0 Å². The van der Waals surface area contributed by atoms with Crippen molar-refractivity contribution in [3.05, 3.63) is 64.1 Å². The molecule has 0 radical (unpaired) electrons. The Morgan fingerprint density at radius 1 is 1.12 bits per heavy atom. The van der Waals surface area contributed by atoms with Crippen LogP contribution in [-0.4, -0.2) is 17.4 Å². The van der Waals surface area contributed by atoms with Crippen molar-refractivity contribution in [2.75, 3.05) is 6.54 Å². The van der Waals surface area contributed by atoms with Gasteiger partial charge >= 0.3 is 0 Å². The molecule has 2 aromatic carbocycles. The maximum atomic E-state index is 13.1. The first kappa shape index (κ1) is 15.1. The molecule has 1 aliphatic heterocycles. The van der Waals surface area contributed by atoms with E-state index in [4.69, 9.17) is 4.42 Å². The molecular weight excluding hydrogens is 375 g/mol. The molecule has 0 spiro atoms. The van der Waals surface area contributed by atoms with Crippen LogP contribution in [0.2, 0.25) is 0 Å². The predicted octanol–water partition coefficient (Wildman–Crippen LogP) is 4.20. The summed E-state index contributed by atoms with van der Waals surface area (Å²) in [5, 5.41) is 2.83. The highest BCUT2D eigenvalue weighted by Crippen LogP contribution is 2.34. The molecule has 0 atom stereocenters. The summed E-state index contributed by atoms with van der Waals surface area (Å²) in [5.74, 6) is 0.0546. The van der Waals surface area contributed by atoms with Gasteiger partial charge in [-0.3, -0.25) is 4.79 Å². The Labute approximate surface area is 145 Å². The van der Waals surface area contributed by atoms with E-state index in [2.05, 4.69) is 26.2 Å². The fourth-order valence-corrected chi connectivity index (χ4v) is 3.24. The number of hydrogen-bond acceptors (Lipinski definition) is 3. The molecule has 4 nitrogen and oxygen atoms in total. The minimum absolute atomic E-state index is 0.0472. The van der Waals surface area contributed by atoms with Gasteiger partial charge < -0.3 is 9.73 Å². The first-order valence-electron chi connectivity index (χ1n) is 7.45. The van der Waals surface area contributed by atoms with E-state index in [0.717, 1.165) is 17.5 Å². The first-order valence-corrected chi connectivity index (χ1v) is 8.25. The van der Waals surface area contributed by atoms with Crippen molar-refractivity contribution in [2.24, 2.45) is 0 Å². The van der Waals surface area contributed by atoms with E-state index in [0.29, 0.717) is 33.9 Å². The van der Waals surface area contributed by atoms with Crippen molar-refractivity contribution in [1.82, 2.24) is 10.3 Å². The largest absolute Gasteiger partial charge is 0.429 e. The molecule has 1 N–H and O–H groups in total. The number of hydrogen-bond donors (Lipinski definition) is 1. The molecule has 1 amide bonds. The smallest absolute Gasteiger partial charge is 0.251 e. The van der Waals surface area contributed by atoms with Crippen LogP contribution in [0.4, 0.5) is 4.39 Å². The predicted molar refractivity (Wildman–Crippen MR) is 91.1 cm³/mol. The lowest BCUT2D eigenvalue weighted by Gasteiger charge is -2.16. The SMILES string of the molecule is O=C1NCCc2cc(-c3nc(-c4ccc(F)cc4)oc3Br)ccc21. The van der Waals surface area contributed by atoms with Crippen LogP contribution < -0.4 is 5.32 Å². The van der Waals surface area contributed by atoms with Crippen LogP contribution in [0.25, 0.3) is 22.7 Å². The van der Waals surface area contributed by atoms with Crippen molar-refractivity contribution in [1.29, 1.82) is 0 Å². The second-order valence-electron chi connectivity index (χ2n) is 5.53. The Bertz CT molecular complexity index is 935. The molecule has 1 aliphatic rings. The molecule has 24 heavy (non-hydrogen) atoms. The van der Waals surface area contributed by atoms with Gasteiger partial charge in [0.25, 0.3) is 5.91 Å². The van der Waals surface area contributed by atoms with E-state index in [1.807, 2.05) is 12.1 Å². The maximum absolute atomic E-state index is 13.1. The fraction of sp³-hybridized carbons (Fsp3) is 0.111. The standard InChI is InChI=1S/C18H12BrFN2O2/c19-16-15(22-18(24-16)10-1-4-13(20)5-2-10)12-3-6-14-11(9-12)7-8-21-17(14)23/h1-6,9H,7-8H2,(H,21,23). The molecule has 0 fully saturated rings. The van der Waals surface area contributed by atoms with Gasteiger partial charge in [-0.1, -0.05) is 6.07 Å². The molecule has 4 rings (SSSR count). The van der Waals surface area contributed by atoms with Gasteiger partial charge in [-0.2, -0.15) is 0 Å². The molecule has 0 saturated carbocycles. The Morgan fingerprint density at radius 3 is 2.67 bits per heavy atom. The van der Waals surface area contributed by atoms with Crippen LogP contribution >= 0.6 is 15.9 Å². The van der Waals surface area contributed by atoms with Gasteiger partial charge in [-0.15, -0.1) is 0 Å². The zero-order valence-electron chi connectivity index (χ0n) is 12.5.